The van der Waals surface area contributed by atoms with E-state index in [2.05, 4.69) is 15.3 Å². The minimum absolute atomic E-state index is 0.250. The number of ether oxygens (including phenoxy) is 1. The lowest BCUT2D eigenvalue weighted by atomic mass is 10.2. The SMILES string of the molecule is COc1ccc(/C=C/C(=O)Nc2cnc(N(C)C)nc2N(C)C)cc1. The number of amides is 1. The Kier molecular flexibility index (Phi) is 5.94. The summed E-state index contributed by atoms with van der Waals surface area (Å²) in [5.41, 5.74) is 1.46. The first-order valence-corrected chi connectivity index (χ1v) is 7.75. The molecule has 132 valence electrons. The van der Waals surface area contributed by atoms with Crippen LogP contribution in [-0.2, 0) is 4.79 Å². The number of carbonyl (C=O) groups is 1. The topological polar surface area (TPSA) is 70.6 Å². The molecular formula is C18H23N5O2. The lowest BCUT2D eigenvalue weighted by Crippen LogP contribution is -2.20. The molecule has 7 heteroatoms. The predicted octanol–water partition coefficient (Wildman–Crippen LogP) is 2.27. The van der Waals surface area contributed by atoms with Gasteiger partial charge in [-0.15, -0.1) is 0 Å². The molecule has 0 bridgehead atoms. The first-order valence-electron chi connectivity index (χ1n) is 7.75. The van der Waals surface area contributed by atoms with Gasteiger partial charge in [-0.05, 0) is 23.8 Å². The molecular weight excluding hydrogens is 318 g/mol. The van der Waals surface area contributed by atoms with Gasteiger partial charge in [-0.1, -0.05) is 12.1 Å². The zero-order valence-electron chi connectivity index (χ0n) is 15.1. The van der Waals surface area contributed by atoms with Crippen LogP contribution >= 0.6 is 0 Å². The fourth-order valence-electron chi connectivity index (χ4n) is 2.07. The summed E-state index contributed by atoms with van der Waals surface area (Å²) < 4.78 is 5.11. The van der Waals surface area contributed by atoms with Crippen molar-refractivity contribution in [2.24, 2.45) is 0 Å². The third-order valence-corrected chi connectivity index (χ3v) is 3.38. The molecule has 1 N–H and O–H groups in total. The smallest absolute Gasteiger partial charge is 0.248 e. The van der Waals surface area contributed by atoms with Gasteiger partial charge in [-0.2, -0.15) is 4.98 Å². The van der Waals surface area contributed by atoms with E-state index in [1.165, 1.54) is 6.08 Å². The average Bonchev–Trinajstić information content (AvgIpc) is 2.60. The molecule has 0 unspecified atom stereocenters. The molecule has 2 aromatic rings. The molecule has 1 aromatic heterocycles. The molecule has 0 radical (unpaired) electrons. The van der Waals surface area contributed by atoms with Crippen LogP contribution in [0.2, 0.25) is 0 Å². The van der Waals surface area contributed by atoms with E-state index in [-0.39, 0.29) is 5.91 Å². The van der Waals surface area contributed by atoms with Crippen molar-refractivity contribution in [3.63, 3.8) is 0 Å². The Labute approximate surface area is 148 Å². The maximum Gasteiger partial charge on any atom is 0.248 e. The lowest BCUT2D eigenvalue weighted by Gasteiger charge is -2.18. The Morgan fingerprint density at radius 3 is 2.36 bits per heavy atom. The molecule has 0 aliphatic carbocycles. The molecule has 7 nitrogen and oxygen atoms in total. The average molecular weight is 341 g/mol. The molecule has 0 fully saturated rings. The summed E-state index contributed by atoms with van der Waals surface area (Å²) >= 11 is 0. The van der Waals surface area contributed by atoms with Gasteiger partial charge in [0.1, 0.15) is 11.4 Å². The summed E-state index contributed by atoms with van der Waals surface area (Å²) in [5, 5.41) is 2.82. The van der Waals surface area contributed by atoms with Gasteiger partial charge in [0.15, 0.2) is 5.82 Å². The molecule has 0 saturated heterocycles. The number of hydrogen-bond donors (Lipinski definition) is 1. The van der Waals surface area contributed by atoms with E-state index in [4.69, 9.17) is 4.74 Å². The number of anilines is 3. The fourth-order valence-corrected chi connectivity index (χ4v) is 2.07. The molecule has 0 aliphatic rings. The Bertz CT molecular complexity index is 755. The zero-order chi connectivity index (χ0) is 18.4. The number of aromatic nitrogens is 2. The highest BCUT2D eigenvalue weighted by Gasteiger charge is 2.12. The summed E-state index contributed by atoms with van der Waals surface area (Å²) in [7, 11) is 9.08. The van der Waals surface area contributed by atoms with Crippen LogP contribution in [0.1, 0.15) is 5.56 Å². The first-order chi connectivity index (χ1) is 11.9. The van der Waals surface area contributed by atoms with Crippen molar-refractivity contribution in [1.82, 2.24) is 9.97 Å². The first kappa shape index (κ1) is 18.3. The van der Waals surface area contributed by atoms with Crippen LogP contribution < -0.4 is 19.9 Å². The van der Waals surface area contributed by atoms with Crippen molar-refractivity contribution in [2.75, 3.05) is 50.4 Å². The van der Waals surface area contributed by atoms with Gasteiger partial charge in [0.25, 0.3) is 0 Å². The van der Waals surface area contributed by atoms with E-state index in [1.54, 1.807) is 19.4 Å². The van der Waals surface area contributed by atoms with Gasteiger partial charge in [-0.3, -0.25) is 4.79 Å². The third kappa shape index (κ3) is 4.94. The zero-order valence-corrected chi connectivity index (χ0v) is 15.1. The second kappa shape index (κ2) is 8.14. The normalized spacial score (nSPS) is 10.6. The number of carbonyl (C=O) groups excluding carboxylic acids is 1. The molecule has 25 heavy (non-hydrogen) atoms. The highest BCUT2D eigenvalue weighted by atomic mass is 16.5. The largest absolute Gasteiger partial charge is 0.497 e. The number of nitrogens with zero attached hydrogens (tertiary/aromatic N) is 4. The molecule has 1 amide bonds. The minimum atomic E-state index is -0.250. The lowest BCUT2D eigenvalue weighted by molar-refractivity contribution is -0.111. The van der Waals surface area contributed by atoms with E-state index in [0.29, 0.717) is 17.5 Å². The number of methoxy groups -OCH3 is 1. The maximum absolute atomic E-state index is 12.2. The van der Waals surface area contributed by atoms with Crippen LogP contribution in [0.4, 0.5) is 17.5 Å². The van der Waals surface area contributed by atoms with E-state index in [9.17, 15) is 4.79 Å². The van der Waals surface area contributed by atoms with Gasteiger partial charge in [0.2, 0.25) is 11.9 Å². The van der Waals surface area contributed by atoms with Gasteiger partial charge in [0, 0.05) is 34.3 Å². The van der Waals surface area contributed by atoms with Gasteiger partial charge in [-0.25, -0.2) is 4.98 Å². The van der Waals surface area contributed by atoms with E-state index < -0.39 is 0 Å². The van der Waals surface area contributed by atoms with Crippen LogP contribution in [0.15, 0.2) is 36.5 Å². The molecule has 0 atom stereocenters. The van der Waals surface area contributed by atoms with Crippen LogP contribution in [0.3, 0.4) is 0 Å². The fraction of sp³-hybridized carbons (Fsp3) is 0.278. The number of rotatable bonds is 6. The summed E-state index contributed by atoms with van der Waals surface area (Å²) in [4.78, 5) is 24.5. The second-order valence-corrected chi connectivity index (χ2v) is 5.79. The van der Waals surface area contributed by atoms with E-state index in [0.717, 1.165) is 11.3 Å². The summed E-state index contributed by atoms with van der Waals surface area (Å²) in [6.45, 7) is 0. The highest BCUT2D eigenvalue weighted by molar-refractivity contribution is 6.03. The van der Waals surface area contributed by atoms with E-state index in [1.807, 2.05) is 62.3 Å². The monoisotopic (exact) mass is 341 g/mol. The molecule has 0 aliphatic heterocycles. The molecule has 0 spiro atoms. The Morgan fingerprint density at radius 1 is 1.12 bits per heavy atom. The standard InChI is InChI=1S/C18H23N5O2/c1-22(2)17-15(12-19-18(21-17)23(3)4)20-16(24)11-8-13-6-9-14(25-5)10-7-13/h6-12H,1-5H3,(H,20,24)/b11-8+. The van der Waals surface area contributed by atoms with Crippen molar-refractivity contribution < 1.29 is 9.53 Å². The van der Waals surface area contributed by atoms with Gasteiger partial charge in [0.05, 0.1) is 13.3 Å². The molecule has 1 heterocycles. The highest BCUT2D eigenvalue weighted by Crippen LogP contribution is 2.23. The summed E-state index contributed by atoms with van der Waals surface area (Å²) in [6.07, 6.45) is 4.82. The van der Waals surface area contributed by atoms with Crippen molar-refractivity contribution >= 4 is 29.4 Å². The van der Waals surface area contributed by atoms with Gasteiger partial charge < -0.3 is 19.9 Å². The van der Waals surface area contributed by atoms with Crippen molar-refractivity contribution in [2.45, 2.75) is 0 Å². The second-order valence-electron chi connectivity index (χ2n) is 5.79. The third-order valence-electron chi connectivity index (χ3n) is 3.38. The molecule has 2 rings (SSSR count). The van der Waals surface area contributed by atoms with Crippen LogP contribution in [-0.4, -0.2) is 51.2 Å². The van der Waals surface area contributed by atoms with Crippen LogP contribution in [0, 0.1) is 0 Å². The van der Waals surface area contributed by atoms with Crippen LogP contribution in [0.5, 0.6) is 5.75 Å². The predicted molar refractivity (Wildman–Crippen MR) is 101 cm³/mol. The number of benzene rings is 1. The quantitative estimate of drug-likeness (QED) is 0.813. The Morgan fingerprint density at radius 2 is 1.80 bits per heavy atom. The van der Waals surface area contributed by atoms with E-state index >= 15 is 0 Å². The summed E-state index contributed by atoms with van der Waals surface area (Å²) in [6, 6.07) is 7.44. The number of nitrogens with one attached hydrogen (secondary N) is 1. The van der Waals surface area contributed by atoms with Crippen molar-refractivity contribution in [3.05, 3.63) is 42.1 Å². The molecule has 0 saturated carbocycles. The van der Waals surface area contributed by atoms with Gasteiger partial charge >= 0.3 is 0 Å². The Balaban J connectivity index is 2.12. The summed E-state index contributed by atoms with van der Waals surface area (Å²) in [5.74, 6) is 1.75. The van der Waals surface area contributed by atoms with Crippen molar-refractivity contribution in [3.8, 4) is 5.75 Å². The Hall–Kier alpha value is -3.09. The maximum atomic E-state index is 12.2. The van der Waals surface area contributed by atoms with Crippen molar-refractivity contribution in [1.29, 1.82) is 0 Å². The minimum Gasteiger partial charge on any atom is -0.497 e. The number of hydrogen-bond acceptors (Lipinski definition) is 6. The molecule has 1 aromatic carbocycles. The van der Waals surface area contributed by atoms with Crippen LogP contribution in [0.25, 0.3) is 6.08 Å².